The number of hydrogen-bond donors (Lipinski definition) is 1. The van der Waals surface area contributed by atoms with Gasteiger partial charge in [0, 0.05) is 37.1 Å². The van der Waals surface area contributed by atoms with Gasteiger partial charge in [-0.05, 0) is 49.1 Å². The Morgan fingerprint density at radius 1 is 1.18 bits per heavy atom. The van der Waals surface area contributed by atoms with Crippen LogP contribution in [0.1, 0.15) is 38.6 Å². The Kier molecular flexibility index (Phi) is 8.87. The van der Waals surface area contributed by atoms with Gasteiger partial charge in [-0.25, -0.2) is 8.42 Å². The lowest BCUT2D eigenvalue weighted by molar-refractivity contribution is -0.113. The van der Waals surface area contributed by atoms with Crippen LogP contribution in [0.15, 0.2) is 52.8 Å². The molecule has 3 heterocycles. The second-order valence-corrected chi connectivity index (χ2v) is 13.0. The number of morpholine rings is 1. The van der Waals surface area contributed by atoms with Gasteiger partial charge in [-0.2, -0.15) is 4.31 Å². The fourth-order valence-corrected chi connectivity index (χ4v) is 7.45. The molecule has 1 aromatic carbocycles. The van der Waals surface area contributed by atoms with Gasteiger partial charge in [0.25, 0.3) is 0 Å². The second-order valence-electron chi connectivity index (χ2n) is 9.74. The summed E-state index contributed by atoms with van der Waals surface area (Å²) in [5, 5.41) is 12.6. The number of rotatable bonds is 8. The summed E-state index contributed by atoms with van der Waals surface area (Å²) in [5.74, 6) is 0.933. The van der Waals surface area contributed by atoms with E-state index in [1.165, 1.54) is 40.7 Å². The maximum Gasteiger partial charge on any atom is 0.243 e. The molecule has 1 saturated heterocycles. The number of thioether (sulfide) groups is 1. The van der Waals surface area contributed by atoms with Gasteiger partial charge < -0.3 is 10.1 Å². The van der Waals surface area contributed by atoms with Crippen LogP contribution in [0, 0.1) is 5.92 Å². The average molecular weight is 591 g/mol. The first-order chi connectivity index (χ1) is 18.8. The standard InChI is InChI=1S/C26H31ClN6O4S2/c1-18-5-2-3-7-23(18)33-25(19-6-4-10-28-16-19)30-31-26(33)38-17-24(34)29-22-15-20(8-9-21(22)27)39(35,36)32-11-13-37-14-12-32/h4,6,8-10,15-16,18,23H,2-3,5,7,11-14,17H2,1H3,(H,29,34)/t18-,23-/m0/s1. The third-order valence-electron chi connectivity index (χ3n) is 7.13. The highest BCUT2D eigenvalue weighted by Gasteiger charge is 2.30. The summed E-state index contributed by atoms with van der Waals surface area (Å²) in [5.41, 5.74) is 1.12. The van der Waals surface area contributed by atoms with Gasteiger partial charge in [-0.15, -0.1) is 10.2 Å². The van der Waals surface area contributed by atoms with Crippen molar-refractivity contribution in [1.29, 1.82) is 0 Å². The normalized spacial score (nSPS) is 20.6. The monoisotopic (exact) mass is 590 g/mol. The van der Waals surface area contributed by atoms with Gasteiger partial charge in [0.2, 0.25) is 15.9 Å². The average Bonchev–Trinajstić information content (AvgIpc) is 3.38. The van der Waals surface area contributed by atoms with Crippen molar-refractivity contribution in [3.8, 4) is 11.4 Å². The van der Waals surface area contributed by atoms with Crippen molar-refractivity contribution < 1.29 is 17.9 Å². The van der Waals surface area contributed by atoms with E-state index in [9.17, 15) is 13.2 Å². The first-order valence-corrected chi connectivity index (χ1v) is 15.8. The highest BCUT2D eigenvalue weighted by Crippen LogP contribution is 2.39. The molecule has 1 amide bonds. The summed E-state index contributed by atoms with van der Waals surface area (Å²) in [6.45, 7) is 3.51. The Morgan fingerprint density at radius 3 is 2.72 bits per heavy atom. The molecule has 10 nitrogen and oxygen atoms in total. The van der Waals surface area contributed by atoms with Crippen molar-refractivity contribution in [1.82, 2.24) is 24.1 Å². The van der Waals surface area contributed by atoms with E-state index < -0.39 is 10.0 Å². The van der Waals surface area contributed by atoms with Crippen LogP contribution in [0.2, 0.25) is 5.02 Å². The van der Waals surface area contributed by atoms with Crippen LogP contribution >= 0.6 is 23.4 Å². The van der Waals surface area contributed by atoms with Crippen molar-refractivity contribution in [2.24, 2.45) is 5.92 Å². The van der Waals surface area contributed by atoms with Gasteiger partial charge in [0.1, 0.15) is 0 Å². The van der Waals surface area contributed by atoms with Crippen LogP contribution in [0.5, 0.6) is 0 Å². The van der Waals surface area contributed by atoms with Crippen molar-refractivity contribution >= 4 is 45.0 Å². The smallest absolute Gasteiger partial charge is 0.243 e. The Hall–Kier alpha value is -2.51. The molecule has 1 saturated carbocycles. The van der Waals surface area contributed by atoms with Gasteiger partial charge in [0.05, 0.1) is 34.6 Å². The molecule has 2 aromatic heterocycles. The Bertz CT molecular complexity index is 1410. The number of carbonyl (C=O) groups excluding carboxylic acids is 1. The molecule has 0 bridgehead atoms. The summed E-state index contributed by atoms with van der Waals surface area (Å²) in [6, 6.07) is 8.40. The molecule has 1 aliphatic carbocycles. The zero-order valence-corrected chi connectivity index (χ0v) is 24.0. The zero-order valence-electron chi connectivity index (χ0n) is 21.6. The van der Waals surface area contributed by atoms with E-state index in [-0.39, 0.29) is 46.4 Å². The zero-order chi connectivity index (χ0) is 27.4. The number of anilines is 1. The molecule has 39 heavy (non-hydrogen) atoms. The van der Waals surface area contributed by atoms with E-state index in [0.717, 1.165) is 30.7 Å². The number of amides is 1. The summed E-state index contributed by atoms with van der Waals surface area (Å²) < 4.78 is 34.9. The first-order valence-electron chi connectivity index (χ1n) is 13.0. The number of pyridine rings is 1. The van der Waals surface area contributed by atoms with Crippen LogP contribution in [0.4, 0.5) is 5.69 Å². The van der Waals surface area contributed by atoms with Crippen LogP contribution in [0.25, 0.3) is 11.4 Å². The van der Waals surface area contributed by atoms with Crippen molar-refractivity contribution in [2.45, 2.75) is 48.7 Å². The fourth-order valence-electron chi connectivity index (χ4n) is 5.06. The van der Waals surface area contributed by atoms with E-state index in [4.69, 9.17) is 16.3 Å². The molecule has 2 aliphatic rings. The molecular weight excluding hydrogens is 560 g/mol. The molecule has 3 aromatic rings. The lowest BCUT2D eigenvalue weighted by Crippen LogP contribution is -2.40. The largest absolute Gasteiger partial charge is 0.379 e. The molecule has 2 atom stereocenters. The molecular formula is C26H31ClN6O4S2. The van der Waals surface area contributed by atoms with Crippen LogP contribution < -0.4 is 5.32 Å². The molecule has 1 N–H and O–H groups in total. The van der Waals surface area contributed by atoms with Gasteiger partial charge in [-0.1, -0.05) is 43.1 Å². The molecule has 5 rings (SSSR count). The topological polar surface area (TPSA) is 119 Å². The van der Waals surface area contributed by atoms with E-state index >= 15 is 0 Å². The summed E-state index contributed by atoms with van der Waals surface area (Å²) in [7, 11) is -3.73. The Balaban J connectivity index is 1.33. The SMILES string of the molecule is C[C@H]1CCCC[C@@H]1n1c(SCC(=O)Nc2cc(S(=O)(=O)N3CCOCC3)ccc2Cl)nnc1-c1cccnc1. The summed E-state index contributed by atoms with van der Waals surface area (Å²) >= 11 is 7.62. The molecule has 0 radical (unpaired) electrons. The lowest BCUT2D eigenvalue weighted by atomic mass is 9.85. The number of carbonyl (C=O) groups is 1. The van der Waals surface area contributed by atoms with E-state index in [2.05, 4.69) is 32.0 Å². The highest BCUT2D eigenvalue weighted by molar-refractivity contribution is 7.99. The van der Waals surface area contributed by atoms with Crippen LogP contribution in [-0.2, 0) is 19.6 Å². The highest BCUT2D eigenvalue weighted by atomic mass is 35.5. The molecule has 208 valence electrons. The molecule has 0 unspecified atom stereocenters. The van der Waals surface area contributed by atoms with E-state index in [1.807, 2.05) is 12.1 Å². The third-order valence-corrected chi connectivity index (χ3v) is 10.3. The summed E-state index contributed by atoms with van der Waals surface area (Å²) in [4.78, 5) is 17.3. The van der Waals surface area contributed by atoms with Crippen molar-refractivity contribution in [2.75, 3.05) is 37.4 Å². The number of nitrogens with zero attached hydrogens (tertiary/aromatic N) is 5. The number of aromatic nitrogens is 4. The minimum atomic E-state index is -3.73. The van der Waals surface area contributed by atoms with Gasteiger partial charge in [-0.3, -0.25) is 14.3 Å². The maximum atomic E-state index is 13.1. The summed E-state index contributed by atoms with van der Waals surface area (Å²) in [6.07, 6.45) is 7.98. The Labute approximate surface area is 237 Å². The Morgan fingerprint density at radius 2 is 1.97 bits per heavy atom. The van der Waals surface area contributed by atoms with Crippen molar-refractivity contribution in [3.63, 3.8) is 0 Å². The lowest BCUT2D eigenvalue weighted by Gasteiger charge is -2.31. The molecule has 2 fully saturated rings. The predicted octanol–water partition coefficient (Wildman–Crippen LogP) is 4.50. The van der Waals surface area contributed by atoms with E-state index in [0.29, 0.717) is 24.3 Å². The van der Waals surface area contributed by atoms with E-state index in [1.54, 1.807) is 12.4 Å². The fraction of sp³-hybridized carbons (Fsp3) is 0.462. The maximum absolute atomic E-state index is 13.1. The third kappa shape index (κ3) is 6.30. The second kappa shape index (κ2) is 12.3. The minimum absolute atomic E-state index is 0.0586. The van der Waals surface area contributed by atoms with Gasteiger partial charge >= 0.3 is 0 Å². The predicted molar refractivity (Wildman–Crippen MR) is 150 cm³/mol. The van der Waals surface area contributed by atoms with Crippen LogP contribution in [-0.4, -0.2) is 70.4 Å². The molecule has 1 aliphatic heterocycles. The quantitative estimate of drug-likeness (QED) is 0.381. The van der Waals surface area contributed by atoms with Crippen molar-refractivity contribution in [3.05, 3.63) is 47.7 Å². The van der Waals surface area contributed by atoms with Gasteiger partial charge in [0.15, 0.2) is 11.0 Å². The number of sulfonamides is 1. The number of nitrogens with one attached hydrogen (secondary N) is 1. The minimum Gasteiger partial charge on any atom is -0.379 e. The molecule has 0 spiro atoms. The number of benzene rings is 1. The molecule has 13 heteroatoms. The number of ether oxygens (including phenoxy) is 1. The number of hydrogen-bond acceptors (Lipinski definition) is 8. The first kappa shape index (κ1) is 28.0. The number of halogens is 1. The van der Waals surface area contributed by atoms with Crippen LogP contribution in [0.3, 0.4) is 0 Å².